The number of amides is 2. The number of pyridine rings is 1. The highest BCUT2D eigenvalue weighted by molar-refractivity contribution is 6.05. The third-order valence-corrected chi connectivity index (χ3v) is 6.89. The summed E-state index contributed by atoms with van der Waals surface area (Å²) in [4.78, 5) is 42.5. The first-order valence-electron chi connectivity index (χ1n) is 12.8. The normalized spacial score (nSPS) is 12.9. The Bertz CT molecular complexity index is 1890. The van der Waals surface area contributed by atoms with E-state index in [-0.39, 0.29) is 28.8 Å². The monoisotopic (exact) mass is 558 g/mol. The van der Waals surface area contributed by atoms with Gasteiger partial charge in [-0.25, -0.2) is 18.4 Å². The van der Waals surface area contributed by atoms with E-state index in [9.17, 15) is 23.2 Å². The maximum absolute atomic E-state index is 15.0. The lowest BCUT2D eigenvalue weighted by Crippen LogP contribution is -2.25. The number of fused-ring (bicyclic) bond motifs is 1. The van der Waals surface area contributed by atoms with Crippen LogP contribution in [0.5, 0.6) is 11.5 Å². The Morgan fingerprint density at radius 1 is 1.00 bits per heavy atom. The molecule has 41 heavy (non-hydrogen) atoms. The number of carbonyl (C=O) groups is 2. The van der Waals surface area contributed by atoms with Gasteiger partial charge in [-0.1, -0.05) is 0 Å². The SMILES string of the molecule is Cc1c(C(=O)Nc2ccc(Oc3ccc4nc(NC(=O)C5CC5)cn4c3)c(F)c2)c(=O)n(-c2ccc(F)cc2)n1C. The number of rotatable bonds is 7. The van der Waals surface area contributed by atoms with Crippen LogP contribution in [0, 0.1) is 24.5 Å². The van der Waals surface area contributed by atoms with Crippen molar-refractivity contribution in [2.75, 3.05) is 10.6 Å². The molecule has 3 heterocycles. The van der Waals surface area contributed by atoms with Gasteiger partial charge in [-0.15, -0.1) is 0 Å². The number of nitrogens with one attached hydrogen (secondary N) is 2. The molecule has 0 aliphatic heterocycles. The molecule has 0 bridgehead atoms. The van der Waals surface area contributed by atoms with E-state index in [0.29, 0.717) is 28.6 Å². The van der Waals surface area contributed by atoms with Crippen LogP contribution in [-0.2, 0) is 11.8 Å². The molecule has 1 saturated carbocycles. The van der Waals surface area contributed by atoms with Gasteiger partial charge >= 0.3 is 0 Å². The molecule has 0 spiro atoms. The fourth-order valence-electron chi connectivity index (χ4n) is 4.49. The summed E-state index contributed by atoms with van der Waals surface area (Å²) in [7, 11) is 1.61. The van der Waals surface area contributed by atoms with Gasteiger partial charge in [-0.05, 0) is 68.3 Å². The van der Waals surface area contributed by atoms with Crippen molar-refractivity contribution in [3.05, 3.63) is 100 Å². The maximum Gasteiger partial charge on any atom is 0.284 e. The number of aromatic nitrogens is 4. The lowest BCUT2D eigenvalue weighted by molar-refractivity contribution is -0.117. The van der Waals surface area contributed by atoms with Gasteiger partial charge in [0.1, 0.15) is 22.8 Å². The Morgan fingerprint density at radius 2 is 1.76 bits per heavy atom. The lowest BCUT2D eigenvalue weighted by atomic mass is 10.2. The first-order valence-corrected chi connectivity index (χ1v) is 12.8. The maximum atomic E-state index is 15.0. The van der Waals surface area contributed by atoms with Gasteiger partial charge in [0.2, 0.25) is 5.91 Å². The van der Waals surface area contributed by atoms with Crippen molar-refractivity contribution in [2.24, 2.45) is 13.0 Å². The van der Waals surface area contributed by atoms with Crippen LogP contribution in [0.2, 0.25) is 0 Å². The molecule has 208 valence electrons. The Labute approximate surface area is 231 Å². The molecule has 1 fully saturated rings. The number of carbonyl (C=O) groups excluding carboxylic acids is 2. The molecule has 6 rings (SSSR count). The van der Waals surface area contributed by atoms with E-state index in [1.807, 2.05) is 0 Å². The molecule has 0 saturated heterocycles. The number of imidazole rings is 1. The summed E-state index contributed by atoms with van der Waals surface area (Å²) in [6, 6.07) is 12.5. The zero-order valence-electron chi connectivity index (χ0n) is 22.0. The predicted octanol–water partition coefficient (Wildman–Crippen LogP) is 4.80. The Hall–Kier alpha value is -5.26. The van der Waals surface area contributed by atoms with Crippen LogP contribution in [0.25, 0.3) is 11.3 Å². The van der Waals surface area contributed by atoms with Crippen LogP contribution < -0.4 is 20.9 Å². The van der Waals surface area contributed by atoms with Crippen molar-refractivity contribution < 1.29 is 23.1 Å². The van der Waals surface area contributed by atoms with E-state index < -0.39 is 23.1 Å². The van der Waals surface area contributed by atoms with E-state index in [2.05, 4.69) is 15.6 Å². The standard InChI is InChI=1S/C29H24F2N6O4/c1-16-26(29(40)37(35(16)2)20-8-5-18(30)6-9-20)28(39)32-19-7-11-23(22(31)13-19)41-21-10-12-25-33-24(15-36(25)14-21)34-27(38)17-3-4-17/h5-15,17H,3-4H2,1-2H3,(H,32,39)(H,34,38). The fraction of sp³-hybridized carbons (Fsp3) is 0.172. The number of hydrogen-bond acceptors (Lipinski definition) is 5. The molecule has 2 N–H and O–H groups in total. The summed E-state index contributed by atoms with van der Waals surface area (Å²) in [6.07, 6.45) is 5.02. The van der Waals surface area contributed by atoms with Gasteiger partial charge in [0.15, 0.2) is 17.4 Å². The predicted molar refractivity (Wildman–Crippen MR) is 147 cm³/mol. The highest BCUT2D eigenvalue weighted by Crippen LogP contribution is 2.31. The largest absolute Gasteiger partial charge is 0.453 e. The Kier molecular flexibility index (Phi) is 6.37. The van der Waals surface area contributed by atoms with Gasteiger partial charge in [-0.3, -0.25) is 19.1 Å². The summed E-state index contributed by atoms with van der Waals surface area (Å²) in [5.41, 5.74) is 0.747. The quantitative estimate of drug-likeness (QED) is 0.298. The molecule has 1 aliphatic rings. The van der Waals surface area contributed by atoms with Crippen LogP contribution in [0.3, 0.4) is 0 Å². The smallest absolute Gasteiger partial charge is 0.284 e. The number of halogens is 2. The second-order valence-corrected chi connectivity index (χ2v) is 9.80. The van der Waals surface area contributed by atoms with Crippen molar-refractivity contribution in [3.8, 4) is 17.2 Å². The first-order chi connectivity index (χ1) is 19.7. The minimum atomic E-state index is -0.737. The van der Waals surface area contributed by atoms with Crippen LogP contribution in [-0.4, -0.2) is 30.6 Å². The molecule has 0 unspecified atom stereocenters. The van der Waals surface area contributed by atoms with Crippen LogP contribution >= 0.6 is 0 Å². The number of nitrogens with zero attached hydrogens (tertiary/aromatic N) is 4. The fourth-order valence-corrected chi connectivity index (χ4v) is 4.49. The summed E-state index contributed by atoms with van der Waals surface area (Å²) in [6.45, 7) is 1.61. The van der Waals surface area contributed by atoms with Crippen molar-refractivity contribution >= 4 is 29.0 Å². The first kappa shape index (κ1) is 26.0. The van der Waals surface area contributed by atoms with Crippen molar-refractivity contribution in [3.63, 3.8) is 0 Å². The summed E-state index contributed by atoms with van der Waals surface area (Å²) in [5, 5.41) is 5.34. The molecule has 0 radical (unpaired) electrons. The van der Waals surface area contributed by atoms with Gasteiger partial charge in [0.05, 0.1) is 23.8 Å². The number of anilines is 2. The van der Waals surface area contributed by atoms with Crippen molar-refractivity contribution in [2.45, 2.75) is 19.8 Å². The summed E-state index contributed by atoms with van der Waals surface area (Å²) >= 11 is 0. The molecule has 10 nitrogen and oxygen atoms in total. The Morgan fingerprint density at radius 3 is 2.46 bits per heavy atom. The van der Waals surface area contributed by atoms with Crippen LogP contribution in [0.15, 0.2) is 71.8 Å². The summed E-state index contributed by atoms with van der Waals surface area (Å²) < 4.78 is 38.4. The molecule has 2 amide bonds. The van der Waals surface area contributed by atoms with E-state index in [4.69, 9.17) is 4.74 Å². The molecule has 0 atom stereocenters. The van der Waals surface area contributed by atoms with E-state index >= 15 is 0 Å². The molecule has 5 aromatic rings. The van der Waals surface area contributed by atoms with Gasteiger partial charge in [0.25, 0.3) is 11.5 Å². The van der Waals surface area contributed by atoms with Gasteiger partial charge in [-0.2, -0.15) is 0 Å². The third-order valence-electron chi connectivity index (χ3n) is 6.89. The van der Waals surface area contributed by atoms with Crippen LogP contribution in [0.4, 0.5) is 20.3 Å². The lowest BCUT2D eigenvalue weighted by Gasteiger charge is -2.09. The third kappa shape index (κ3) is 5.07. The van der Waals surface area contributed by atoms with E-state index in [1.165, 1.54) is 45.8 Å². The molecule has 2 aromatic carbocycles. The molecule has 3 aromatic heterocycles. The average Bonchev–Trinajstić information content (AvgIpc) is 3.67. The molecule has 1 aliphatic carbocycles. The number of benzene rings is 2. The minimum Gasteiger partial charge on any atom is -0.453 e. The zero-order valence-corrected chi connectivity index (χ0v) is 22.0. The van der Waals surface area contributed by atoms with Crippen LogP contribution in [0.1, 0.15) is 28.9 Å². The highest BCUT2D eigenvalue weighted by Gasteiger charge is 2.30. The second-order valence-electron chi connectivity index (χ2n) is 9.80. The minimum absolute atomic E-state index is 0.0475. The molecule has 12 heteroatoms. The molecular weight excluding hydrogens is 534 g/mol. The summed E-state index contributed by atoms with van der Waals surface area (Å²) in [5.74, 6) is -1.25. The number of ether oxygens (including phenoxy) is 1. The van der Waals surface area contributed by atoms with Gasteiger partial charge in [0, 0.05) is 24.7 Å². The van der Waals surface area contributed by atoms with E-state index in [1.54, 1.807) is 42.9 Å². The topological polar surface area (TPSA) is 112 Å². The second kappa shape index (κ2) is 10.0. The zero-order chi connectivity index (χ0) is 28.8. The number of hydrogen-bond donors (Lipinski definition) is 2. The average molecular weight is 559 g/mol. The Balaban J connectivity index is 1.18. The molecular formula is C29H24F2N6O4. The highest BCUT2D eigenvalue weighted by atomic mass is 19.1. The van der Waals surface area contributed by atoms with E-state index in [0.717, 1.165) is 18.9 Å². The van der Waals surface area contributed by atoms with Crippen molar-refractivity contribution in [1.82, 2.24) is 18.7 Å². The van der Waals surface area contributed by atoms with Gasteiger partial charge < -0.3 is 19.8 Å². The van der Waals surface area contributed by atoms with Crippen molar-refractivity contribution in [1.29, 1.82) is 0 Å².